The molecular weight excluding hydrogens is 1010 g/mol. The van der Waals surface area contributed by atoms with E-state index in [1.807, 2.05) is 24.5 Å². The van der Waals surface area contributed by atoms with Crippen LogP contribution >= 0.6 is 0 Å². The molecule has 12 rings (SSSR count). The van der Waals surface area contributed by atoms with Crippen LogP contribution in [-0.4, -0.2) is 18.8 Å². The molecule has 0 spiro atoms. The van der Waals surface area contributed by atoms with Gasteiger partial charge in [0.15, 0.2) is 0 Å². The molecule has 68 heavy (non-hydrogen) atoms. The second-order valence-electron chi connectivity index (χ2n) is 18.4. The van der Waals surface area contributed by atoms with Crippen LogP contribution in [0.1, 0.15) is 44.5 Å². The van der Waals surface area contributed by atoms with E-state index >= 15 is 0 Å². The van der Waals surface area contributed by atoms with Gasteiger partial charge in [-0.2, -0.15) is 0 Å². The van der Waals surface area contributed by atoms with Gasteiger partial charge in [0.05, 0.1) is 11.3 Å². The van der Waals surface area contributed by atoms with Crippen LogP contribution < -0.4 is 4.74 Å². The van der Waals surface area contributed by atoms with Crippen molar-refractivity contribution in [1.29, 1.82) is 0 Å². The zero-order valence-corrected chi connectivity index (χ0v) is 41.6. The van der Waals surface area contributed by atoms with Gasteiger partial charge in [-0.25, -0.2) is 0 Å². The molecule has 12 aromatic rings. The van der Waals surface area contributed by atoms with Gasteiger partial charge >= 0.3 is 21.1 Å². The number of nitrogens with zero attached hydrogens (tertiary/aromatic N) is 4. The monoisotopic (exact) mass is 1060 g/mol. The predicted molar refractivity (Wildman–Crippen MR) is 278 cm³/mol. The van der Waals surface area contributed by atoms with Crippen molar-refractivity contribution in [2.45, 2.75) is 55.4 Å². The molecule has 4 heterocycles. The van der Waals surface area contributed by atoms with E-state index in [1.165, 1.54) is 89.0 Å². The molecule has 0 amide bonds. The molecule has 4 aromatic heterocycles. The van der Waals surface area contributed by atoms with Crippen LogP contribution in [0.25, 0.3) is 99.2 Å². The quantitative estimate of drug-likeness (QED) is 0.123. The molecule has 332 valence electrons. The van der Waals surface area contributed by atoms with E-state index in [2.05, 4.69) is 198 Å². The summed E-state index contributed by atoms with van der Waals surface area (Å²) in [4.78, 5) is 9.98. The first-order valence-electron chi connectivity index (χ1n) is 23.1. The number of rotatable bonds is 6. The van der Waals surface area contributed by atoms with Gasteiger partial charge in [-0.05, 0) is 144 Å². The molecule has 0 saturated heterocycles. The van der Waals surface area contributed by atoms with Gasteiger partial charge in [-0.1, -0.05) is 143 Å². The fourth-order valence-corrected chi connectivity index (χ4v) is 11.3. The summed E-state index contributed by atoms with van der Waals surface area (Å²) >= 11 is 0. The molecule has 0 bridgehead atoms. The topological polar surface area (TPSA) is 43.8 Å². The molecular formula is C62H48N4OPt. The van der Waals surface area contributed by atoms with E-state index in [9.17, 15) is 0 Å². The Morgan fingerprint density at radius 2 is 0.691 bits per heavy atom. The Balaban J connectivity index is 0.00000507. The van der Waals surface area contributed by atoms with Gasteiger partial charge in [-0.15, -0.1) is 12.1 Å². The third kappa shape index (κ3) is 6.54. The molecule has 0 N–H and O–H groups in total. The van der Waals surface area contributed by atoms with E-state index < -0.39 is 0 Å². The van der Waals surface area contributed by atoms with Crippen LogP contribution in [0.4, 0.5) is 0 Å². The Labute approximate surface area is 411 Å². The van der Waals surface area contributed by atoms with Crippen LogP contribution in [0.3, 0.4) is 0 Å². The normalized spacial score (nSPS) is 11.7. The first-order chi connectivity index (χ1) is 32.6. The molecule has 0 aliphatic rings. The molecule has 6 heteroatoms. The number of aromatic nitrogens is 4. The molecule has 0 unspecified atom stereocenters. The minimum absolute atomic E-state index is 0. The summed E-state index contributed by atoms with van der Waals surface area (Å²) in [5, 5.41) is 6.17. The third-order valence-corrected chi connectivity index (χ3v) is 14.2. The molecule has 0 aliphatic carbocycles. The van der Waals surface area contributed by atoms with Gasteiger partial charge in [0.25, 0.3) is 0 Å². The van der Waals surface area contributed by atoms with E-state index in [1.54, 1.807) is 0 Å². The number of pyridine rings is 2. The Hall–Kier alpha value is -7.33. The van der Waals surface area contributed by atoms with Gasteiger partial charge in [-0.3, -0.25) is 9.97 Å². The van der Waals surface area contributed by atoms with Crippen LogP contribution in [0, 0.1) is 67.5 Å². The Morgan fingerprint density at radius 3 is 1.04 bits per heavy atom. The van der Waals surface area contributed by atoms with E-state index in [0.29, 0.717) is 11.5 Å². The third-order valence-electron chi connectivity index (χ3n) is 14.2. The van der Waals surface area contributed by atoms with Crippen molar-refractivity contribution < 1.29 is 25.8 Å². The molecule has 0 radical (unpaired) electrons. The Morgan fingerprint density at radius 1 is 0.368 bits per heavy atom. The van der Waals surface area contributed by atoms with Crippen molar-refractivity contribution in [2.75, 3.05) is 0 Å². The van der Waals surface area contributed by atoms with Crippen LogP contribution in [0.15, 0.2) is 146 Å². The average Bonchev–Trinajstić information content (AvgIpc) is 4.01. The van der Waals surface area contributed by atoms with Gasteiger partial charge in [0, 0.05) is 58.4 Å². The maximum absolute atomic E-state index is 6.74. The largest absolute Gasteiger partial charge is 2.00 e. The molecule has 8 aromatic carbocycles. The number of hydrogen-bond acceptors (Lipinski definition) is 3. The Kier molecular flexibility index (Phi) is 10.5. The maximum Gasteiger partial charge on any atom is 2.00 e. The smallest absolute Gasteiger partial charge is 0.497 e. The summed E-state index contributed by atoms with van der Waals surface area (Å²) in [6.07, 6.45) is 7.95. The summed E-state index contributed by atoms with van der Waals surface area (Å²) in [6.45, 7) is 17.7. The minimum Gasteiger partial charge on any atom is -0.497 e. The number of aryl methyl sites for hydroxylation is 8. The zero-order chi connectivity index (χ0) is 45.8. The Bertz CT molecular complexity index is 3720. The molecule has 0 saturated carbocycles. The summed E-state index contributed by atoms with van der Waals surface area (Å²) in [5.41, 5.74) is 23.7. The van der Waals surface area contributed by atoms with E-state index in [-0.39, 0.29) is 21.1 Å². The number of benzene rings is 8. The number of hydrogen-bond donors (Lipinski definition) is 0. The predicted octanol–water partition coefficient (Wildman–Crippen LogP) is 16.1. The second kappa shape index (κ2) is 16.5. The van der Waals surface area contributed by atoms with E-state index in [4.69, 9.17) is 14.7 Å². The molecule has 0 fully saturated rings. The van der Waals surface area contributed by atoms with Crippen molar-refractivity contribution in [2.24, 2.45) is 0 Å². The van der Waals surface area contributed by atoms with Crippen LogP contribution in [0.2, 0.25) is 0 Å². The molecule has 0 aliphatic heterocycles. The summed E-state index contributed by atoms with van der Waals surface area (Å²) in [6, 6.07) is 51.2. The minimum atomic E-state index is 0. The summed E-state index contributed by atoms with van der Waals surface area (Å²) < 4.78 is 11.2. The summed E-state index contributed by atoms with van der Waals surface area (Å²) in [5.74, 6) is 1.18. The SMILES string of the molecule is Cc1cccc(C)c1-c1ccc2c3ccc(Oc4[c-]c5c(cc4)c4ccc(-c6c(C)cccc6C)c(-c6c(C)cccc6C)c4n4ccnc54)[c-]c3c3nccn3c2c1-c1c(C)cccc1C.[Pt+2]. The zero-order valence-electron chi connectivity index (χ0n) is 39.4. The first-order valence-corrected chi connectivity index (χ1v) is 23.1. The second-order valence-corrected chi connectivity index (χ2v) is 18.4. The van der Waals surface area contributed by atoms with Crippen molar-refractivity contribution in [1.82, 2.24) is 18.8 Å². The van der Waals surface area contributed by atoms with E-state index in [0.717, 1.165) is 54.6 Å². The van der Waals surface area contributed by atoms with Crippen LogP contribution in [-0.2, 0) is 21.1 Å². The van der Waals surface area contributed by atoms with Crippen molar-refractivity contribution >= 4 is 54.6 Å². The van der Waals surface area contributed by atoms with Crippen LogP contribution in [0.5, 0.6) is 11.5 Å². The van der Waals surface area contributed by atoms with Gasteiger partial charge < -0.3 is 13.5 Å². The molecule has 5 nitrogen and oxygen atoms in total. The van der Waals surface area contributed by atoms with Crippen molar-refractivity contribution in [3.05, 3.63) is 203 Å². The standard InChI is InChI=1S/C62H48N4O.Pt/c1-35-13-9-14-36(2)53(35)49-27-25-47-45-23-21-43(33-51(45)61-63-29-31-65(61)59(47)57(49)55-39(5)17-11-18-40(55)6)67-44-22-24-46-48-26-28-50(54-37(3)15-10-16-38(54)4)58(56-41(7)19-12-20-42(56)8)60(48)66-32-30-64-62(66)52(46)34-44;/h9-32H,1-8H3;/q-2;+2. The fourth-order valence-electron chi connectivity index (χ4n) is 11.3. The number of ether oxygens (including phenoxy) is 1. The molecule has 0 atom stereocenters. The average molecular weight is 1060 g/mol. The first kappa shape index (κ1) is 43.3. The number of fused-ring (bicyclic) bond motifs is 12. The van der Waals surface area contributed by atoms with Gasteiger partial charge in [0.2, 0.25) is 0 Å². The number of imidazole rings is 2. The van der Waals surface area contributed by atoms with Crippen molar-refractivity contribution in [3.63, 3.8) is 0 Å². The summed E-state index contributed by atoms with van der Waals surface area (Å²) in [7, 11) is 0. The maximum atomic E-state index is 6.74. The van der Waals surface area contributed by atoms with Crippen molar-refractivity contribution in [3.8, 4) is 56.0 Å². The van der Waals surface area contributed by atoms with Gasteiger partial charge in [0.1, 0.15) is 0 Å². The fraction of sp³-hybridized carbons (Fsp3) is 0.129.